The van der Waals surface area contributed by atoms with Crippen LogP contribution in [0, 0.1) is 0 Å². The van der Waals surface area contributed by atoms with Gasteiger partial charge in [0.1, 0.15) is 5.56 Å². The number of amides is 1. The van der Waals surface area contributed by atoms with Crippen LogP contribution < -0.4 is 16.5 Å². The smallest absolute Gasteiger partial charge is 0.256 e. The summed E-state index contributed by atoms with van der Waals surface area (Å²) in [5, 5.41) is 11.6. The number of pyridine rings is 1. The van der Waals surface area contributed by atoms with Crippen molar-refractivity contribution in [2.75, 3.05) is 18.9 Å². The lowest BCUT2D eigenvalue weighted by Gasteiger charge is -2.10. The molecule has 0 aliphatic rings. The van der Waals surface area contributed by atoms with Gasteiger partial charge in [-0.2, -0.15) is 0 Å². The second-order valence-electron chi connectivity index (χ2n) is 4.56. The van der Waals surface area contributed by atoms with E-state index in [1.165, 1.54) is 6.20 Å². The topological polar surface area (TPSA) is 97.4 Å². The van der Waals surface area contributed by atoms with Gasteiger partial charge in [0.25, 0.3) is 5.91 Å². The zero-order valence-electron chi connectivity index (χ0n) is 11.2. The van der Waals surface area contributed by atoms with E-state index in [0.29, 0.717) is 29.6 Å². The summed E-state index contributed by atoms with van der Waals surface area (Å²) >= 11 is 0. The minimum atomic E-state index is -0.454. The number of nitrogens with one attached hydrogen (secondary N) is 1. The van der Waals surface area contributed by atoms with Gasteiger partial charge in [-0.25, -0.2) is 0 Å². The maximum absolute atomic E-state index is 12.4. The number of aliphatic hydroxyl groups excluding tert-OH is 1. The third kappa shape index (κ3) is 2.50. The van der Waals surface area contributed by atoms with E-state index in [0.717, 1.165) is 0 Å². The molecule has 2 rings (SSSR count). The van der Waals surface area contributed by atoms with Crippen LogP contribution in [0.15, 0.2) is 29.2 Å². The lowest BCUT2D eigenvalue weighted by molar-refractivity contribution is 0.0949. The average Bonchev–Trinajstić information content (AvgIpc) is 2.42. The maximum atomic E-state index is 12.4. The van der Waals surface area contributed by atoms with Crippen LogP contribution in [0.25, 0.3) is 10.9 Å². The summed E-state index contributed by atoms with van der Waals surface area (Å²) in [6.07, 6.45) is 1.94. The Labute approximate surface area is 115 Å². The van der Waals surface area contributed by atoms with Gasteiger partial charge in [0.05, 0.1) is 10.9 Å². The van der Waals surface area contributed by atoms with Crippen LogP contribution in [0.3, 0.4) is 0 Å². The van der Waals surface area contributed by atoms with Crippen LogP contribution in [0.5, 0.6) is 0 Å². The number of hydrogen-bond donors (Lipinski definition) is 3. The Morgan fingerprint density at radius 2 is 2.20 bits per heavy atom. The molecule has 0 radical (unpaired) electrons. The number of aliphatic hydroxyl groups is 1. The van der Waals surface area contributed by atoms with E-state index in [1.54, 1.807) is 29.8 Å². The monoisotopic (exact) mass is 275 g/mol. The molecule has 0 saturated heterocycles. The van der Waals surface area contributed by atoms with E-state index in [9.17, 15) is 9.59 Å². The van der Waals surface area contributed by atoms with Crippen LogP contribution in [-0.4, -0.2) is 28.7 Å². The Morgan fingerprint density at radius 1 is 1.45 bits per heavy atom. The number of nitrogens with two attached hydrogens (primary N) is 1. The molecule has 0 atom stereocenters. The number of carbonyl (C=O) groups excluding carboxylic acids is 1. The molecule has 0 spiro atoms. The average molecular weight is 275 g/mol. The molecule has 1 aromatic heterocycles. The lowest BCUT2D eigenvalue weighted by atomic mass is 10.1. The van der Waals surface area contributed by atoms with Crippen molar-refractivity contribution < 1.29 is 9.90 Å². The summed E-state index contributed by atoms with van der Waals surface area (Å²) in [7, 11) is 1.76. The molecule has 0 aliphatic carbocycles. The Morgan fingerprint density at radius 3 is 2.90 bits per heavy atom. The van der Waals surface area contributed by atoms with Crippen molar-refractivity contribution in [3.05, 3.63) is 40.2 Å². The molecular formula is C14H17N3O3. The molecule has 6 heteroatoms. The maximum Gasteiger partial charge on any atom is 0.256 e. The number of carbonyl (C=O) groups is 1. The highest BCUT2D eigenvalue weighted by Gasteiger charge is 2.15. The van der Waals surface area contributed by atoms with Crippen LogP contribution >= 0.6 is 0 Å². The summed E-state index contributed by atoms with van der Waals surface area (Å²) in [4.78, 5) is 24.4. The summed E-state index contributed by atoms with van der Waals surface area (Å²) in [6.45, 7) is 0.309. The second-order valence-corrected chi connectivity index (χ2v) is 4.56. The van der Waals surface area contributed by atoms with E-state index >= 15 is 0 Å². The number of nitrogens with zero attached hydrogens (tertiary/aromatic N) is 1. The Bertz CT molecular complexity index is 707. The molecule has 1 heterocycles. The van der Waals surface area contributed by atoms with E-state index in [1.807, 2.05) is 0 Å². The normalized spacial score (nSPS) is 10.7. The van der Waals surface area contributed by atoms with Crippen molar-refractivity contribution in [2.45, 2.75) is 6.42 Å². The fourth-order valence-corrected chi connectivity index (χ4v) is 2.09. The molecule has 0 bridgehead atoms. The lowest BCUT2D eigenvalue weighted by Crippen LogP contribution is -2.30. The standard InChI is InChI=1S/C14H17N3O3/c1-17-8-9(14(20)16-6-3-7-18)13(19)12-10(15)4-2-5-11(12)17/h2,4-5,8,18H,3,6-7,15H2,1H3,(H,16,20). The minimum Gasteiger partial charge on any atom is -0.398 e. The highest BCUT2D eigenvalue weighted by Crippen LogP contribution is 2.17. The first-order valence-corrected chi connectivity index (χ1v) is 6.33. The van der Waals surface area contributed by atoms with Crippen molar-refractivity contribution in [3.8, 4) is 0 Å². The van der Waals surface area contributed by atoms with Crippen molar-refractivity contribution in [1.29, 1.82) is 0 Å². The van der Waals surface area contributed by atoms with Crippen molar-refractivity contribution in [1.82, 2.24) is 9.88 Å². The molecule has 0 aliphatic heterocycles. The number of hydrogen-bond acceptors (Lipinski definition) is 4. The molecule has 1 amide bonds. The molecule has 2 aromatic rings. The molecule has 0 unspecified atom stereocenters. The van der Waals surface area contributed by atoms with E-state index in [-0.39, 0.29) is 17.6 Å². The van der Waals surface area contributed by atoms with E-state index < -0.39 is 5.91 Å². The molecular weight excluding hydrogens is 258 g/mol. The zero-order valence-corrected chi connectivity index (χ0v) is 11.2. The summed E-state index contributed by atoms with van der Waals surface area (Å²) < 4.78 is 1.70. The quantitative estimate of drug-likeness (QED) is 0.549. The predicted molar refractivity (Wildman–Crippen MR) is 77.6 cm³/mol. The van der Waals surface area contributed by atoms with E-state index in [4.69, 9.17) is 10.8 Å². The summed E-state index contributed by atoms with van der Waals surface area (Å²) in [6, 6.07) is 5.18. The Kier molecular flexibility index (Phi) is 4.05. The number of aryl methyl sites for hydroxylation is 1. The molecule has 4 N–H and O–H groups in total. The highest BCUT2D eigenvalue weighted by atomic mass is 16.3. The predicted octanol–water partition coefficient (Wildman–Crippen LogP) is 0.233. The zero-order chi connectivity index (χ0) is 14.7. The molecule has 106 valence electrons. The van der Waals surface area contributed by atoms with Gasteiger partial charge in [0.15, 0.2) is 0 Å². The van der Waals surface area contributed by atoms with Gasteiger partial charge in [-0.15, -0.1) is 0 Å². The van der Waals surface area contributed by atoms with Crippen LogP contribution in [0.4, 0.5) is 5.69 Å². The van der Waals surface area contributed by atoms with Gasteiger partial charge in [-0.3, -0.25) is 9.59 Å². The summed E-state index contributed by atoms with van der Waals surface area (Å²) in [5.41, 5.74) is 6.55. The van der Waals surface area contributed by atoms with Gasteiger partial charge in [0, 0.05) is 32.1 Å². The van der Waals surface area contributed by atoms with Crippen molar-refractivity contribution in [3.63, 3.8) is 0 Å². The van der Waals surface area contributed by atoms with Crippen molar-refractivity contribution >= 4 is 22.5 Å². The Hall–Kier alpha value is -2.34. The van der Waals surface area contributed by atoms with Crippen LogP contribution in [0.1, 0.15) is 16.8 Å². The van der Waals surface area contributed by atoms with Crippen LogP contribution in [0.2, 0.25) is 0 Å². The van der Waals surface area contributed by atoms with Gasteiger partial charge >= 0.3 is 0 Å². The molecule has 0 saturated carbocycles. The molecule has 1 aromatic carbocycles. The number of rotatable bonds is 4. The summed E-state index contributed by atoms with van der Waals surface area (Å²) in [5.74, 6) is -0.454. The number of fused-ring (bicyclic) bond motifs is 1. The van der Waals surface area contributed by atoms with Gasteiger partial charge < -0.3 is 20.7 Å². The first-order valence-electron chi connectivity index (χ1n) is 6.33. The SMILES string of the molecule is Cn1cc(C(=O)NCCCO)c(=O)c2c(N)cccc21. The highest BCUT2D eigenvalue weighted by molar-refractivity contribution is 6.00. The fourth-order valence-electron chi connectivity index (χ4n) is 2.09. The second kappa shape index (κ2) is 5.75. The van der Waals surface area contributed by atoms with Gasteiger partial charge in [-0.1, -0.05) is 6.07 Å². The first kappa shape index (κ1) is 14.1. The Balaban J connectivity index is 2.50. The van der Waals surface area contributed by atoms with Gasteiger partial charge in [-0.05, 0) is 18.6 Å². The van der Waals surface area contributed by atoms with E-state index in [2.05, 4.69) is 5.32 Å². The molecule has 20 heavy (non-hydrogen) atoms. The number of aromatic nitrogens is 1. The first-order chi connectivity index (χ1) is 9.56. The number of nitrogen functional groups attached to an aromatic ring is 1. The molecule has 0 fully saturated rings. The number of anilines is 1. The fraction of sp³-hybridized carbons (Fsp3) is 0.286. The van der Waals surface area contributed by atoms with Crippen molar-refractivity contribution in [2.24, 2.45) is 7.05 Å². The van der Waals surface area contributed by atoms with Crippen LogP contribution in [-0.2, 0) is 7.05 Å². The number of benzene rings is 1. The minimum absolute atomic E-state index is 0.0110. The molecule has 6 nitrogen and oxygen atoms in total. The largest absolute Gasteiger partial charge is 0.398 e. The third-order valence-corrected chi connectivity index (χ3v) is 3.11. The van der Waals surface area contributed by atoms with Gasteiger partial charge in [0.2, 0.25) is 5.43 Å². The third-order valence-electron chi connectivity index (χ3n) is 3.11.